The van der Waals surface area contributed by atoms with Gasteiger partial charge in [0.25, 0.3) is 0 Å². The second kappa shape index (κ2) is 13.3. The molecule has 4 heteroatoms. The van der Waals surface area contributed by atoms with Gasteiger partial charge in [0.1, 0.15) is 12.4 Å². The molecule has 1 heterocycles. The lowest BCUT2D eigenvalue weighted by molar-refractivity contribution is -0.121. The van der Waals surface area contributed by atoms with Gasteiger partial charge in [-0.3, -0.25) is 4.79 Å². The van der Waals surface area contributed by atoms with Crippen molar-refractivity contribution in [3.8, 4) is 5.75 Å². The third-order valence-corrected chi connectivity index (χ3v) is 7.92. The highest BCUT2D eigenvalue weighted by atomic mass is 16.5. The van der Waals surface area contributed by atoms with Crippen LogP contribution in [0.5, 0.6) is 5.75 Å². The zero-order chi connectivity index (χ0) is 29.4. The zero-order valence-corrected chi connectivity index (χ0v) is 24.4. The van der Waals surface area contributed by atoms with E-state index in [0.717, 1.165) is 40.1 Å². The standard InChI is InChI=1S/C39H36N2O2/c1-29-16-18-31(19-17-29)26-41-27-37(35-14-8-9-15-38(35)41)36(24-39(42)40-25-30-10-4-2-5-11-30)33-20-22-34(23-21-33)43-28-32-12-6-3-7-13-32/h2-23,27,36H,24-26,28H2,1H3,(H,40,42). The normalized spacial score (nSPS) is 11.7. The van der Waals surface area contributed by atoms with Crippen LogP contribution in [0, 0.1) is 6.92 Å². The van der Waals surface area contributed by atoms with Crippen LogP contribution in [-0.2, 0) is 24.5 Å². The number of nitrogens with one attached hydrogen (secondary N) is 1. The Morgan fingerprint density at radius 2 is 1.37 bits per heavy atom. The van der Waals surface area contributed by atoms with Crippen molar-refractivity contribution >= 4 is 16.8 Å². The predicted molar refractivity (Wildman–Crippen MR) is 174 cm³/mol. The minimum absolute atomic E-state index is 0.0219. The molecule has 0 aliphatic carbocycles. The van der Waals surface area contributed by atoms with Crippen molar-refractivity contribution in [2.24, 2.45) is 0 Å². The molecule has 0 saturated heterocycles. The Labute approximate surface area is 253 Å². The van der Waals surface area contributed by atoms with Gasteiger partial charge in [0, 0.05) is 42.5 Å². The summed E-state index contributed by atoms with van der Waals surface area (Å²) in [7, 11) is 0. The lowest BCUT2D eigenvalue weighted by Gasteiger charge is -2.18. The first-order valence-corrected chi connectivity index (χ1v) is 14.8. The van der Waals surface area contributed by atoms with Crippen LogP contribution in [0.3, 0.4) is 0 Å². The Hall–Kier alpha value is -5.09. The van der Waals surface area contributed by atoms with Gasteiger partial charge >= 0.3 is 0 Å². The number of hydrogen-bond donors (Lipinski definition) is 1. The zero-order valence-electron chi connectivity index (χ0n) is 24.4. The van der Waals surface area contributed by atoms with E-state index < -0.39 is 0 Å². The number of benzene rings is 5. The Bertz CT molecular complexity index is 1770. The number of hydrogen-bond acceptors (Lipinski definition) is 2. The first kappa shape index (κ1) is 28.0. The van der Waals surface area contributed by atoms with E-state index in [0.29, 0.717) is 19.6 Å². The van der Waals surface area contributed by atoms with E-state index in [2.05, 4.69) is 95.8 Å². The van der Waals surface area contributed by atoms with Crippen molar-refractivity contribution in [1.29, 1.82) is 0 Å². The third kappa shape index (κ3) is 7.04. The van der Waals surface area contributed by atoms with Crippen LogP contribution < -0.4 is 10.1 Å². The van der Waals surface area contributed by atoms with Crippen molar-refractivity contribution in [2.45, 2.75) is 39.0 Å². The van der Waals surface area contributed by atoms with Crippen molar-refractivity contribution in [3.63, 3.8) is 0 Å². The number of amides is 1. The van der Waals surface area contributed by atoms with Crippen molar-refractivity contribution in [2.75, 3.05) is 0 Å². The van der Waals surface area contributed by atoms with E-state index >= 15 is 0 Å². The van der Waals surface area contributed by atoms with Gasteiger partial charge in [0.15, 0.2) is 0 Å². The maximum atomic E-state index is 13.4. The third-order valence-electron chi connectivity index (χ3n) is 7.92. The van der Waals surface area contributed by atoms with Gasteiger partial charge in [-0.05, 0) is 52.9 Å². The highest BCUT2D eigenvalue weighted by Crippen LogP contribution is 2.36. The first-order chi connectivity index (χ1) is 21.1. The number of ether oxygens (including phenoxy) is 1. The van der Waals surface area contributed by atoms with E-state index in [-0.39, 0.29) is 11.8 Å². The second-order valence-electron chi connectivity index (χ2n) is 11.1. The van der Waals surface area contributed by atoms with Gasteiger partial charge in [-0.15, -0.1) is 0 Å². The number of para-hydroxylation sites is 1. The lowest BCUT2D eigenvalue weighted by Crippen LogP contribution is -2.25. The fourth-order valence-electron chi connectivity index (χ4n) is 5.57. The Morgan fingerprint density at radius 3 is 2.09 bits per heavy atom. The summed E-state index contributed by atoms with van der Waals surface area (Å²) in [6.07, 6.45) is 2.58. The first-order valence-electron chi connectivity index (χ1n) is 14.8. The van der Waals surface area contributed by atoms with E-state index in [1.165, 1.54) is 16.5 Å². The molecule has 4 nitrogen and oxygen atoms in total. The Kier molecular flexibility index (Phi) is 8.65. The average molecular weight is 565 g/mol. The molecule has 0 aliphatic rings. The van der Waals surface area contributed by atoms with E-state index in [4.69, 9.17) is 4.74 Å². The smallest absolute Gasteiger partial charge is 0.221 e. The molecule has 0 spiro atoms. The summed E-state index contributed by atoms with van der Waals surface area (Å²) in [6.45, 7) is 3.89. The fraction of sp³-hybridized carbons (Fsp3) is 0.154. The largest absolute Gasteiger partial charge is 0.489 e. The Balaban J connectivity index is 1.30. The van der Waals surface area contributed by atoms with E-state index in [9.17, 15) is 4.79 Å². The fourth-order valence-corrected chi connectivity index (χ4v) is 5.57. The number of rotatable bonds is 11. The molecule has 43 heavy (non-hydrogen) atoms. The summed E-state index contributed by atoms with van der Waals surface area (Å²) in [6, 6.07) is 45.6. The number of nitrogens with zero attached hydrogens (tertiary/aromatic N) is 1. The van der Waals surface area contributed by atoms with Gasteiger partial charge < -0.3 is 14.6 Å². The summed E-state index contributed by atoms with van der Waals surface area (Å²) >= 11 is 0. The van der Waals surface area contributed by atoms with E-state index in [1.54, 1.807) is 0 Å². The second-order valence-corrected chi connectivity index (χ2v) is 11.1. The van der Waals surface area contributed by atoms with Crippen LogP contribution in [0.1, 0.15) is 45.7 Å². The number of aromatic nitrogens is 1. The molecular weight excluding hydrogens is 528 g/mol. The van der Waals surface area contributed by atoms with Crippen molar-refractivity contribution in [1.82, 2.24) is 9.88 Å². The van der Waals surface area contributed by atoms with Crippen LogP contribution in [0.15, 0.2) is 140 Å². The molecule has 1 amide bonds. The van der Waals surface area contributed by atoms with Crippen LogP contribution in [-0.4, -0.2) is 10.5 Å². The van der Waals surface area contributed by atoms with Crippen LogP contribution in [0.2, 0.25) is 0 Å². The summed E-state index contributed by atoms with van der Waals surface area (Å²) < 4.78 is 8.37. The van der Waals surface area contributed by atoms with Crippen molar-refractivity contribution in [3.05, 3.63) is 173 Å². The molecule has 0 saturated carbocycles. The minimum Gasteiger partial charge on any atom is -0.489 e. The SMILES string of the molecule is Cc1ccc(Cn2cc(C(CC(=O)NCc3ccccc3)c3ccc(OCc4ccccc4)cc3)c3ccccc32)cc1. The summed E-state index contributed by atoms with van der Waals surface area (Å²) in [5.74, 6) is 0.707. The summed E-state index contributed by atoms with van der Waals surface area (Å²) in [4.78, 5) is 13.4. The molecule has 0 fully saturated rings. The molecule has 0 bridgehead atoms. The molecule has 6 rings (SSSR count). The molecule has 1 atom stereocenters. The predicted octanol–water partition coefficient (Wildman–Crippen LogP) is 8.42. The minimum atomic E-state index is -0.122. The number of fused-ring (bicyclic) bond motifs is 1. The molecular formula is C39H36N2O2. The van der Waals surface area contributed by atoms with Gasteiger partial charge in [-0.25, -0.2) is 0 Å². The van der Waals surface area contributed by atoms with Crippen LogP contribution in [0.25, 0.3) is 10.9 Å². The van der Waals surface area contributed by atoms with Gasteiger partial charge in [-0.1, -0.05) is 121 Å². The maximum absolute atomic E-state index is 13.4. The molecule has 0 radical (unpaired) electrons. The number of carbonyl (C=O) groups excluding carboxylic acids is 1. The van der Waals surface area contributed by atoms with Crippen LogP contribution in [0.4, 0.5) is 0 Å². The van der Waals surface area contributed by atoms with Crippen molar-refractivity contribution < 1.29 is 9.53 Å². The van der Waals surface area contributed by atoms with Gasteiger partial charge in [-0.2, -0.15) is 0 Å². The van der Waals surface area contributed by atoms with Gasteiger partial charge in [0.2, 0.25) is 5.91 Å². The maximum Gasteiger partial charge on any atom is 0.221 e. The quantitative estimate of drug-likeness (QED) is 0.172. The van der Waals surface area contributed by atoms with Crippen LogP contribution >= 0.6 is 0 Å². The van der Waals surface area contributed by atoms with Gasteiger partial charge in [0.05, 0.1) is 0 Å². The summed E-state index contributed by atoms with van der Waals surface area (Å²) in [5.41, 5.74) is 8.10. The molecule has 1 unspecified atom stereocenters. The highest BCUT2D eigenvalue weighted by Gasteiger charge is 2.23. The monoisotopic (exact) mass is 564 g/mol. The molecule has 0 aliphatic heterocycles. The molecule has 214 valence electrons. The Morgan fingerprint density at radius 1 is 0.721 bits per heavy atom. The molecule has 6 aromatic rings. The molecule has 1 aromatic heterocycles. The highest BCUT2D eigenvalue weighted by molar-refractivity contribution is 5.87. The molecule has 1 N–H and O–H groups in total. The number of aryl methyl sites for hydroxylation is 1. The molecule has 5 aromatic carbocycles. The number of carbonyl (C=O) groups is 1. The average Bonchev–Trinajstić information content (AvgIpc) is 3.42. The lowest BCUT2D eigenvalue weighted by atomic mass is 9.88. The summed E-state index contributed by atoms with van der Waals surface area (Å²) in [5, 5.41) is 4.31. The topological polar surface area (TPSA) is 43.3 Å². The van der Waals surface area contributed by atoms with E-state index in [1.807, 2.05) is 60.7 Å².